The molecule has 2 N–H and O–H groups in total. The second-order valence-corrected chi connectivity index (χ2v) is 4.33. The van der Waals surface area contributed by atoms with Crippen molar-refractivity contribution in [3.63, 3.8) is 0 Å². The highest BCUT2D eigenvalue weighted by atomic mass is 35.5. The monoisotopic (exact) mass is 297 g/mol. The Morgan fingerprint density at radius 2 is 1.95 bits per heavy atom. The Bertz CT molecular complexity index is 752. The zero-order valence-electron chi connectivity index (χ0n) is 10.0. The Labute approximate surface area is 116 Å². The van der Waals surface area contributed by atoms with Crippen LogP contribution in [0.5, 0.6) is 0 Å². The summed E-state index contributed by atoms with van der Waals surface area (Å²) < 4.78 is 13.5. The summed E-state index contributed by atoms with van der Waals surface area (Å²) in [4.78, 5) is 35.6. The molecule has 0 atom stereocenters. The molecule has 1 aromatic heterocycles. The van der Waals surface area contributed by atoms with Gasteiger partial charge in [0, 0.05) is 11.6 Å². The normalized spacial score (nSPS) is 10.3. The molecule has 104 valence electrons. The van der Waals surface area contributed by atoms with Gasteiger partial charge in [0.2, 0.25) is 5.82 Å². The first kappa shape index (κ1) is 14.0. The highest BCUT2D eigenvalue weighted by molar-refractivity contribution is 6.30. The van der Waals surface area contributed by atoms with Crippen molar-refractivity contribution in [2.75, 3.05) is 0 Å². The van der Waals surface area contributed by atoms with E-state index in [0.717, 1.165) is 5.56 Å². The average molecular weight is 298 g/mol. The molecule has 8 heteroatoms. The molecule has 0 unspecified atom stereocenters. The lowest BCUT2D eigenvalue weighted by Crippen LogP contribution is -2.40. The smallest absolute Gasteiger partial charge is 0.333 e. The first-order valence-electron chi connectivity index (χ1n) is 5.51. The summed E-state index contributed by atoms with van der Waals surface area (Å²) in [5, 5.41) is 2.97. The van der Waals surface area contributed by atoms with E-state index in [1.54, 1.807) is 29.2 Å². The van der Waals surface area contributed by atoms with Crippen LogP contribution in [0.25, 0.3) is 0 Å². The number of carbonyl (C=O) groups excluding carboxylic acids is 1. The van der Waals surface area contributed by atoms with Crippen LogP contribution in [0, 0.1) is 5.82 Å². The van der Waals surface area contributed by atoms with Crippen LogP contribution in [0.2, 0.25) is 5.02 Å². The van der Waals surface area contributed by atoms with Crippen LogP contribution in [-0.2, 0) is 6.54 Å². The molecular formula is C12H9ClFN3O3. The molecule has 2 rings (SSSR count). The lowest BCUT2D eigenvalue weighted by molar-refractivity contribution is 0.240. The number of nitrogens with one attached hydrogen (secondary N) is 2. The molecule has 0 aliphatic heterocycles. The molecular weight excluding hydrogens is 289 g/mol. The third-order valence-corrected chi connectivity index (χ3v) is 2.73. The second-order valence-electron chi connectivity index (χ2n) is 3.89. The largest absolute Gasteiger partial charge is 0.336 e. The first-order valence-corrected chi connectivity index (χ1v) is 5.89. The van der Waals surface area contributed by atoms with Crippen molar-refractivity contribution in [1.29, 1.82) is 0 Å². The van der Waals surface area contributed by atoms with Gasteiger partial charge in [-0.3, -0.25) is 9.78 Å². The molecule has 1 aromatic carbocycles. The summed E-state index contributed by atoms with van der Waals surface area (Å²) in [5.74, 6) is -1.22. The minimum absolute atomic E-state index is 0.128. The second kappa shape index (κ2) is 5.70. The summed E-state index contributed by atoms with van der Waals surface area (Å²) in [5.41, 5.74) is -1.43. The highest BCUT2D eigenvalue weighted by Crippen LogP contribution is 2.09. The quantitative estimate of drug-likeness (QED) is 0.870. The zero-order chi connectivity index (χ0) is 14.7. The maximum atomic E-state index is 13.0. The van der Waals surface area contributed by atoms with E-state index in [4.69, 9.17) is 11.6 Å². The van der Waals surface area contributed by atoms with Crippen molar-refractivity contribution in [2.24, 2.45) is 0 Å². The van der Waals surface area contributed by atoms with Crippen LogP contribution in [0.15, 0.2) is 40.1 Å². The number of hydrogen-bond acceptors (Lipinski definition) is 3. The standard InChI is InChI=1S/C12H9ClFN3O3/c13-8-3-1-7(2-4-8)5-15-11(19)17-6-9(14)10(18)16-12(17)20/h1-4,6H,5H2,(H,15,19)(H,16,18,20). The van der Waals surface area contributed by atoms with Crippen molar-refractivity contribution < 1.29 is 9.18 Å². The van der Waals surface area contributed by atoms with E-state index in [1.165, 1.54) is 0 Å². The molecule has 20 heavy (non-hydrogen) atoms. The number of rotatable bonds is 2. The minimum Gasteiger partial charge on any atom is -0.333 e. The number of halogens is 2. The molecule has 1 heterocycles. The Balaban J connectivity index is 2.13. The average Bonchev–Trinajstić information content (AvgIpc) is 2.42. The van der Waals surface area contributed by atoms with Gasteiger partial charge >= 0.3 is 11.7 Å². The molecule has 0 aliphatic carbocycles. The highest BCUT2D eigenvalue weighted by Gasteiger charge is 2.10. The van der Waals surface area contributed by atoms with Gasteiger partial charge in [0.25, 0.3) is 5.56 Å². The third kappa shape index (κ3) is 3.12. The lowest BCUT2D eigenvalue weighted by Gasteiger charge is -2.06. The molecule has 0 saturated heterocycles. The van der Waals surface area contributed by atoms with Crippen molar-refractivity contribution >= 4 is 17.6 Å². The summed E-state index contributed by atoms with van der Waals surface area (Å²) in [6, 6.07) is 5.83. The van der Waals surface area contributed by atoms with Gasteiger partial charge in [0.1, 0.15) is 0 Å². The van der Waals surface area contributed by atoms with E-state index in [0.29, 0.717) is 15.8 Å². The first-order chi connectivity index (χ1) is 9.47. The summed E-state index contributed by atoms with van der Waals surface area (Å²) in [6.07, 6.45) is 0.540. The Morgan fingerprint density at radius 3 is 2.60 bits per heavy atom. The summed E-state index contributed by atoms with van der Waals surface area (Å²) in [6.45, 7) is 0.128. The summed E-state index contributed by atoms with van der Waals surface area (Å²) >= 11 is 5.72. The minimum atomic E-state index is -1.22. The van der Waals surface area contributed by atoms with E-state index in [2.05, 4.69) is 5.32 Å². The van der Waals surface area contributed by atoms with Gasteiger partial charge in [0.05, 0.1) is 6.20 Å². The number of aromatic nitrogens is 2. The molecule has 0 radical (unpaired) electrons. The van der Waals surface area contributed by atoms with Gasteiger partial charge in [-0.05, 0) is 17.7 Å². The van der Waals surface area contributed by atoms with E-state index < -0.39 is 23.1 Å². The van der Waals surface area contributed by atoms with E-state index in [1.807, 2.05) is 0 Å². The predicted octanol–water partition coefficient (Wildman–Crippen LogP) is 1.09. The number of benzene rings is 1. The topological polar surface area (TPSA) is 84.0 Å². The number of nitrogens with zero attached hydrogens (tertiary/aromatic N) is 1. The van der Waals surface area contributed by atoms with Gasteiger partial charge in [0.15, 0.2) is 0 Å². The number of amides is 1. The fourth-order valence-corrected chi connectivity index (χ4v) is 1.59. The van der Waals surface area contributed by atoms with E-state index in [-0.39, 0.29) is 6.54 Å². The van der Waals surface area contributed by atoms with Crippen molar-refractivity contribution in [2.45, 2.75) is 6.54 Å². The molecule has 0 aliphatic rings. The van der Waals surface area contributed by atoms with E-state index in [9.17, 15) is 18.8 Å². The van der Waals surface area contributed by atoms with Gasteiger partial charge < -0.3 is 5.32 Å². The van der Waals surface area contributed by atoms with Crippen LogP contribution in [-0.4, -0.2) is 15.6 Å². The number of H-pyrrole nitrogens is 1. The third-order valence-electron chi connectivity index (χ3n) is 2.47. The number of carbonyl (C=O) groups is 1. The van der Waals surface area contributed by atoms with Crippen LogP contribution < -0.4 is 16.6 Å². The zero-order valence-corrected chi connectivity index (χ0v) is 10.8. The molecule has 2 aromatic rings. The van der Waals surface area contributed by atoms with Crippen LogP contribution >= 0.6 is 11.6 Å². The van der Waals surface area contributed by atoms with Gasteiger partial charge in [-0.25, -0.2) is 14.2 Å². The maximum absolute atomic E-state index is 13.0. The predicted molar refractivity (Wildman–Crippen MR) is 70.4 cm³/mol. The van der Waals surface area contributed by atoms with Crippen LogP contribution in [0.4, 0.5) is 9.18 Å². The molecule has 0 fully saturated rings. The lowest BCUT2D eigenvalue weighted by atomic mass is 10.2. The molecule has 0 bridgehead atoms. The maximum Gasteiger partial charge on any atom is 0.336 e. The SMILES string of the molecule is O=C(NCc1ccc(Cl)cc1)n1cc(F)c(=O)[nH]c1=O. The number of aromatic amines is 1. The van der Waals surface area contributed by atoms with Crippen LogP contribution in [0.3, 0.4) is 0 Å². The molecule has 1 amide bonds. The summed E-state index contributed by atoms with van der Waals surface area (Å²) in [7, 11) is 0. The number of hydrogen-bond donors (Lipinski definition) is 2. The molecule has 0 saturated carbocycles. The van der Waals surface area contributed by atoms with Crippen molar-refractivity contribution in [3.05, 3.63) is 67.7 Å². The van der Waals surface area contributed by atoms with Crippen LogP contribution in [0.1, 0.15) is 5.56 Å². The molecule has 6 nitrogen and oxygen atoms in total. The van der Waals surface area contributed by atoms with E-state index >= 15 is 0 Å². The Hall–Kier alpha value is -2.41. The van der Waals surface area contributed by atoms with Gasteiger partial charge in [-0.1, -0.05) is 23.7 Å². The fraction of sp³-hybridized carbons (Fsp3) is 0.0833. The van der Waals surface area contributed by atoms with Gasteiger partial charge in [-0.2, -0.15) is 4.39 Å². The molecule has 0 spiro atoms. The fourth-order valence-electron chi connectivity index (χ4n) is 1.46. The Morgan fingerprint density at radius 1 is 1.30 bits per heavy atom. The van der Waals surface area contributed by atoms with Crippen molar-refractivity contribution in [3.8, 4) is 0 Å². The van der Waals surface area contributed by atoms with Gasteiger partial charge in [-0.15, -0.1) is 0 Å². The Kier molecular flexibility index (Phi) is 3.99. The van der Waals surface area contributed by atoms with Crippen molar-refractivity contribution in [1.82, 2.24) is 14.9 Å².